The molecule has 1 aromatic carbocycles. The molecule has 0 aliphatic heterocycles. The Balaban J connectivity index is 1.70. The van der Waals surface area contributed by atoms with Crippen LogP contribution in [-0.4, -0.2) is 50.8 Å². The molecule has 1 fully saturated rings. The number of aliphatic hydroxyl groups excluding tert-OH is 1. The van der Waals surface area contributed by atoms with Gasteiger partial charge in [0.05, 0.1) is 12.4 Å². The number of hydrogen-bond donors (Lipinski definition) is 1. The van der Waals surface area contributed by atoms with Crippen LogP contribution < -0.4 is 4.74 Å². The number of benzene rings is 1. The summed E-state index contributed by atoms with van der Waals surface area (Å²) in [5.41, 5.74) is 0.387. The van der Waals surface area contributed by atoms with Crippen molar-refractivity contribution in [3.05, 3.63) is 48.5 Å². The highest BCUT2D eigenvalue weighted by Gasteiger charge is 2.37. The van der Waals surface area contributed by atoms with Gasteiger partial charge >= 0.3 is 0 Å². The minimum Gasteiger partial charge on any atom is -0.488 e. The Hall–Kier alpha value is -2.34. The number of imidazole rings is 1. The number of carbonyl (C=O) groups excluding carboxylic acids is 1. The Bertz CT molecular complexity index is 686. The second-order valence-electron chi connectivity index (χ2n) is 6.30. The summed E-state index contributed by atoms with van der Waals surface area (Å²) in [5.74, 6) is 0.556. The first kappa shape index (κ1) is 16.5. The Morgan fingerprint density at radius 3 is 2.75 bits per heavy atom. The number of aliphatic hydroxyl groups is 1. The van der Waals surface area contributed by atoms with E-state index < -0.39 is 6.10 Å². The molecule has 128 valence electrons. The highest BCUT2D eigenvalue weighted by molar-refractivity contribution is 5.92. The third kappa shape index (κ3) is 3.43. The van der Waals surface area contributed by atoms with E-state index in [1.165, 1.54) is 0 Å². The van der Waals surface area contributed by atoms with Crippen LogP contribution in [-0.2, 0) is 7.05 Å². The maximum absolute atomic E-state index is 12.6. The van der Waals surface area contributed by atoms with Crippen LogP contribution in [0.2, 0.25) is 0 Å². The van der Waals surface area contributed by atoms with Crippen molar-refractivity contribution in [3.8, 4) is 5.75 Å². The quantitative estimate of drug-likeness (QED) is 0.929. The Labute approximate surface area is 141 Å². The maximum atomic E-state index is 12.6. The fourth-order valence-corrected chi connectivity index (χ4v) is 3.20. The first-order valence-electron chi connectivity index (χ1n) is 8.21. The van der Waals surface area contributed by atoms with Gasteiger partial charge in [0.15, 0.2) is 0 Å². The van der Waals surface area contributed by atoms with Gasteiger partial charge in [-0.25, -0.2) is 4.98 Å². The summed E-state index contributed by atoms with van der Waals surface area (Å²) in [4.78, 5) is 18.3. The second kappa shape index (κ2) is 7.05. The Morgan fingerprint density at radius 2 is 2.08 bits per heavy atom. The van der Waals surface area contributed by atoms with Crippen LogP contribution in [0, 0.1) is 0 Å². The van der Waals surface area contributed by atoms with E-state index in [2.05, 4.69) is 4.98 Å². The lowest BCUT2D eigenvalue weighted by atomic mass is 9.88. The number of para-hydroxylation sites is 1. The predicted octanol–water partition coefficient (Wildman–Crippen LogP) is 1.85. The molecule has 0 unspecified atom stereocenters. The first-order chi connectivity index (χ1) is 11.6. The fourth-order valence-electron chi connectivity index (χ4n) is 3.20. The van der Waals surface area contributed by atoms with Crippen LogP contribution in [0.4, 0.5) is 0 Å². The average Bonchev–Trinajstić information content (AvgIpc) is 3.03. The minimum atomic E-state index is -0.725. The lowest BCUT2D eigenvalue weighted by molar-refractivity contribution is -0.0413. The molecule has 2 aromatic rings. The van der Waals surface area contributed by atoms with Gasteiger partial charge in [-0.05, 0) is 31.4 Å². The summed E-state index contributed by atoms with van der Waals surface area (Å²) in [6, 6.07) is 9.20. The van der Waals surface area contributed by atoms with Crippen molar-refractivity contribution < 1.29 is 14.6 Å². The van der Waals surface area contributed by atoms with E-state index in [9.17, 15) is 9.90 Å². The topological polar surface area (TPSA) is 67.6 Å². The van der Waals surface area contributed by atoms with Crippen LogP contribution in [0.15, 0.2) is 42.9 Å². The molecule has 6 nitrogen and oxygen atoms in total. The zero-order valence-electron chi connectivity index (χ0n) is 14.0. The maximum Gasteiger partial charge on any atom is 0.274 e. The van der Waals surface area contributed by atoms with Crippen LogP contribution in [0.5, 0.6) is 5.75 Å². The monoisotopic (exact) mass is 329 g/mol. The van der Waals surface area contributed by atoms with Gasteiger partial charge in [0.25, 0.3) is 5.91 Å². The van der Waals surface area contributed by atoms with Gasteiger partial charge in [0.2, 0.25) is 0 Å². The average molecular weight is 329 g/mol. The smallest absolute Gasteiger partial charge is 0.274 e. The first-order valence-corrected chi connectivity index (χ1v) is 8.21. The minimum absolute atomic E-state index is 0.181. The van der Waals surface area contributed by atoms with Gasteiger partial charge in [-0.3, -0.25) is 4.79 Å². The molecule has 1 heterocycles. The van der Waals surface area contributed by atoms with Crippen molar-refractivity contribution in [1.82, 2.24) is 14.5 Å². The number of amides is 1. The van der Waals surface area contributed by atoms with Crippen LogP contribution >= 0.6 is 0 Å². The van der Waals surface area contributed by atoms with E-state index in [4.69, 9.17) is 4.74 Å². The van der Waals surface area contributed by atoms with Gasteiger partial charge in [0.1, 0.15) is 23.7 Å². The molecule has 1 aliphatic rings. The zero-order chi connectivity index (χ0) is 17.1. The summed E-state index contributed by atoms with van der Waals surface area (Å²) in [6.07, 6.45) is 4.68. The molecule has 1 aromatic heterocycles. The number of aromatic nitrogens is 2. The molecular formula is C18H23N3O3. The summed E-state index contributed by atoms with van der Waals surface area (Å²) in [6.45, 7) is 0. The number of nitrogens with zero attached hydrogens (tertiary/aromatic N) is 3. The van der Waals surface area contributed by atoms with Gasteiger partial charge in [-0.1, -0.05) is 18.2 Å². The van der Waals surface area contributed by atoms with E-state index in [1.807, 2.05) is 37.4 Å². The Morgan fingerprint density at radius 1 is 1.33 bits per heavy atom. The van der Waals surface area contributed by atoms with Crippen LogP contribution in [0.3, 0.4) is 0 Å². The van der Waals surface area contributed by atoms with E-state index in [0.29, 0.717) is 5.69 Å². The van der Waals surface area contributed by atoms with E-state index in [0.717, 1.165) is 25.0 Å². The SMILES string of the molecule is CN(C(=O)c1cn(C)cn1)[C@@H]1CCC[C@@H](Oc2ccccc2)[C@@H]1O. The van der Waals surface area contributed by atoms with Crippen molar-refractivity contribution in [2.24, 2.45) is 7.05 Å². The van der Waals surface area contributed by atoms with Gasteiger partial charge in [-0.2, -0.15) is 0 Å². The number of ether oxygens (including phenoxy) is 1. The number of likely N-dealkylation sites (N-methyl/N-ethyl adjacent to an activating group) is 1. The van der Waals surface area contributed by atoms with Crippen LogP contribution in [0.25, 0.3) is 0 Å². The van der Waals surface area contributed by atoms with Crippen molar-refractivity contribution in [2.75, 3.05) is 7.05 Å². The molecule has 24 heavy (non-hydrogen) atoms. The number of aryl methyl sites for hydroxylation is 1. The van der Waals surface area contributed by atoms with Gasteiger partial charge in [0, 0.05) is 20.3 Å². The molecule has 3 rings (SSSR count). The summed E-state index contributed by atoms with van der Waals surface area (Å²) in [5, 5.41) is 10.7. The predicted molar refractivity (Wildman–Crippen MR) is 89.8 cm³/mol. The van der Waals surface area contributed by atoms with Crippen molar-refractivity contribution in [1.29, 1.82) is 0 Å². The summed E-state index contributed by atoms with van der Waals surface area (Å²) < 4.78 is 7.67. The molecule has 0 saturated heterocycles. The van der Waals surface area contributed by atoms with Gasteiger partial charge < -0.3 is 19.3 Å². The van der Waals surface area contributed by atoms with Crippen molar-refractivity contribution in [2.45, 2.75) is 37.5 Å². The number of carbonyl (C=O) groups is 1. The highest BCUT2D eigenvalue weighted by atomic mass is 16.5. The third-order valence-electron chi connectivity index (χ3n) is 4.54. The molecule has 1 amide bonds. The lowest BCUT2D eigenvalue weighted by Gasteiger charge is -2.39. The van der Waals surface area contributed by atoms with Crippen molar-refractivity contribution in [3.63, 3.8) is 0 Å². The normalized spacial score (nSPS) is 23.7. The highest BCUT2D eigenvalue weighted by Crippen LogP contribution is 2.27. The zero-order valence-corrected chi connectivity index (χ0v) is 14.0. The molecule has 6 heteroatoms. The molecule has 0 spiro atoms. The standard InChI is InChI=1S/C18H23N3O3/c1-20-11-14(19-12-20)18(23)21(2)15-9-6-10-16(17(15)22)24-13-7-4-3-5-8-13/h3-5,7-8,11-12,15-17,22H,6,9-10H2,1-2H3/t15-,16-,17-/m1/s1. The second-order valence-corrected chi connectivity index (χ2v) is 6.30. The molecular weight excluding hydrogens is 306 g/mol. The Kier molecular flexibility index (Phi) is 4.85. The van der Waals surface area contributed by atoms with E-state index in [-0.39, 0.29) is 18.1 Å². The number of hydrogen-bond acceptors (Lipinski definition) is 4. The molecule has 0 radical (unpaired) electrons. The molecule has 1 aliphatic carbocycles. The molecule has 1 saturated carbocycles. The number of rotatable bonds is 4. The summed E-state index contributed by atoms with van der Waals surface area (Å²) in [7, 11) is 3.54. The van der Waals surface area contributed by atoms with E-state index >= 15 is 0 Å². The van der Waals surface area contributed by atoms with Gasteiger partial charge in [-0.15, -0.1) is 0 Å². The largest absolute Gasteiger partial charge is 0.488 e. The molecule has 1 N–H and O–H groups in total. The molecule has 3 atom stereocenters. The molecule has 0 bridgehead atoms. The summed E-state index contributed by atoms with van der Waals surface area (Å²) >= 11 is 0. The van der Waals surface area contributed by atoms with Crippen LogP contribution in [0.1, 0.15) is 29.8 Å². The lowest BCUT2D eigenvalue weighted by Crippen LogP contribution is -2.53. The third-order valence-corrected chi connectivity index (χ3v) is 4.54. The fraction of sp³-hybridized carbons (Fsp3) is 0.444. The van der Waals surface area contributed by atoms with E-state index in [1.54, 1.807) is 29.0 Å². The van der Waals surface area contributed by atoms with Crippen molar-refractivity contribution >= 4 is 5.91 Å².